The van der Waals surface area contributed by atoms with Gasteiger partial charge in [-0.1, -0.05) is 6.07 Å². The first-order valence-corrected chi connectivity index (χ1v) is 10.4. The van der Waals surface area contributed by atoms with Crippen molar-refractivity contribution < 1.29 is 14.3 Å². The number of nitrogens with one attached hydrogen (secondary N) is 1. The Morgan fingerprint density at radius 2 is 1.67 bits per heavy atom. The number of rotatable bonds is 5. The van der Waals surface area contributed by atoms with Crippen molar-refractivity contribution in [2.24, 2.45) is 23.2 Å². The number of ether oxygens (including phenoxy) is 1. The van der Waals surface area contributed by atoms with E-state index in [-0.39, 0.29) is 24.0 Å². The molecule has 5 rings (SSSR count). The summed E-state index contributed by atoms with van der Waals surface area (Å²) in [5.41, 5.74) is 2.95. The number of amides is 1. The van der Waals surface area contributed by atoms with Gasteiger partial charge in [-0.2, -0.15) is 0 Å². The molecule has 0 saturated heterocycles. The number of esters is 1. The molecule has 146 valence electrons. The molecule has 0 aliphatic heterocycles. The van der Waals surface area contributed by atoms with Gasteiger partial charge in [-0.3, -0.25) is 4.79 Å². The van der Waals surface area contributed by atoms with E-state index in [1.54, 1.807) is 6.07 Å². The van der Waals surface area contributed by atoms with Crippen LogP contribution in [0.3, 0.4) is 0 Å². The molecule has 1 amide bonds. The number of hydrogen-bond donors (Lipinski definition) is 1. The molecule has 27 heavy (non-hydrogen) atoms. The van der Waals surface area contributed by atoms with Gasteiger partial charge < -0.3 is 10.1 Å². The monoisotopic (exact) mass is 369 g/mol. The summed E-state index contributed by atoms with van der Waals surface area (Å²) in [6.45, 7) is 5.91. The molecule has 4 aliphatic rings. The van der Waals surface area contributed by atoms with Crippen LogP contribution in [0.2, 0.25) is 0 Å². The molecule has 4 bridgehead atoms. The zero-order valence-electron chi connectivity index (χ0n) is 16.7. The summed E-state index contributed by atoms with van der Waals surface area (Å²) in [7, 11) is 0. The Kier molecular flexibility index (Phi) is 4.77. The Morgan fingerprint density at radius 3 is 2.22 bits per heavy atom. The zero-order chi connectivity index (χ0) is 19.2. The highest BCUT2D eigenvalue weighted by Gasteiger charge is 2.53. The van der Waals surface area contributed by atoms with Crippen LogP contribution in [-0.2, 0) is 9.53 Å². The fourth-order valence-electron chi connectivity index (χ4n) is 6.23. The highest BCUT2D eigenvalue weighted by molar-refractivity contribution is 5.91. The van der Waals surface area contributed by atoms with Gasteiger partial charge >= 0.3 is 5.97 Å². The Labute approximate surface area is 162 Å². The number of hydrogen-bond acceptors (Lipinski definition) is 3. The topological polar surface area (TPSA) is 55.4 Å². The molecule has 1 atom stereocenters. The predicted molar refractivity (Wildman–Crippen MR) is 104 cm³/mol. The predicted octanol–water partition coefficient (Wildman–Crippen LogP) is 4.18. The number of aryl methyl sites for hydroxylation is 2. The maximum Gasteiger partial charge on any atom is 0.338 e. The van der Waals surface area contributed by atoms with Crippen LogP contribution in [0.25, 0.3) is 0 Å². The lowest BCUT2D eigenvalue weighted by atomic mass is 9.48. The molecule has 0 spiro atoms. The Bertz CT molecular complexity index is 719. The van der Waals surface area contributed by atoms with Crippen LogP contribution in [0.5, 0.6) is 0 Å². The van der Waals surface area contributed by atoms with Crippen molar-refractivity contribution in [1.29, 1.82) is 0 Å². The van der Waals surface area contributed by atoms with Crippen molar-refractivity contribution in [3.8, 4) is 0 Å². The maximum atomic E-state index is 12.4. The fourth-order valence-corrected chi connectivity index (χ4v) is 6.23. The summed E-state index contributed by atoms with van der Waals surface area (Å²) < 4.78 is 5.25. The molecule has 1 aromatic carbocycles. The first kappa shape index (κ1) is 18.5. The van der Waals surface area contributed by atoms with Gasteiger partial charge in [-0.25, -0.2) is 4.79 Å². The van der Waals surface area contributed by atoms with Crippen LogP contribution in [0, 0.1) is 37.0 Å². The van der Waals surface area contributed by atoms with Crippen molar-refractivity contribution >= 4 is 11.9 Å². The minimum atomic E-state index is -0.435. The third-order valence-corrected chi connectivity index (χ3v) is 7.46. The van der Waals surface area contributed by atoms with Crippen LogP contribution >= 0.6 is 0 Å². The summed E-state index contributed by atoms with van der Waals surface area (Å²) in [5.74, 6) is 1.96. The molecule has 4 saturated carbocycles. The molecule has 1 N–H and O–H groups in total. The lowest BCUT2D eigenvalue weighted by Gasteiger charge is -2.59. The molecule has 0 heterocycles. The lowest BCUT2D eigenvalue weighted by Crippen LogP contribution is -2.56. The molecule has 0 unspecified atom stereocenters. The normalized spacial score (nSPS) is 32.2. The second-order valence-electron chi connectivity index (χ2n) is 9.44. The minimum Gasteiger partial charge on any atom is -0.452 e. The van der Waals surface area contributed by atoms with Gasteiger partial charge in [0, 0.05) is 6.04 Å². The van der Waals surface area contributed by atoms with Crippen LogP contribution in [-0.4, -0.2) is 24.5 Å². The summed E-state index contributed by atoms with van der Waals surface area (Å²) in [6, 6.07) is 5.62. The molecule has 0 radical (unpaired) electrons. The van der Waals surface area contributed by atoms with Gasteiger partial charge in [-0.15, -0.1) is 0 Å². The minimum absolute atomic E-state index is 0.152. The smallest absolute Gasteiger partial charge is 0.338 e. The number of carbonyl (C=O) groups excluding carboxylic acids is 2. The molecule has 4 heteroatoms. The van der Waals surface area contributed by atoms with E-state index in [1.807, 2.05) is 26.0 Å². The highest BCUT2D eigenvalue weighted by Crippen LogP contribution is 2.61. The van der Waals surface area contributed by atoms with Crippen LogP contribution < -0.4 is 5.32 Å². The lowest BCUT2D eigenvalue weighted by molar-refractivity contribution is -0.128. The van der Waals surface area contributed by atoms with Gasteiger partial charge in [0.05, 0.1) is 5.56 Å². The Morgan fingerprint density at radius 1 is 1.07 bits per heavy atom. The maximum absolute atomic E-state index is 12.4. The van der Waals surface area contributed by atoms with Gasteiger partial charge in [0.2, 0.25) is 0 Å². The largest absolute Gasteiger partial charge is 0.452 e. The second-order valence-corrected chi connectivity index (χ2v) is 9.44. The summed E-state index contributed by atoms with van der Waals surface area (Å²) in [6.07, 6.45) is 7.95. The summed E-state index contributed by atoms with van der Waals surface area (Å²) in [5, 5.41) is 3.15. The van der Waals surface area contributed by atoms with E-state index in [2.05, 4.69) is 12.2 Å². The van der Waals surface area contributed by atoms with E-state index in [9.17, 15) is 9.59 Å². The van der Waals surface area contributed by atoms with Crippen LogP contribution in [0.15, 0.2) is 18.2 Å². The SMILES string of the molecule is Cc1ccc(C(=O)OCC(=O)N[C@@H](C)C23CC4CC(CC(C4)C2)C3)cc1C. The summed E-state index contributed by atoms with van der Waals surface area (Å²) >= 11 is 0. The van der Waals surface area contributed by atoms with E-state index in [0.29, 0.717) is 5.56 Å². The van der Waals surface area contributed by atoms with E-state index in [4.69, 9.17) is 4.74 Å². The van der Waals surface area contributed by atoms with Gasteiger partial charge in [0.1, 0.15) is 0 Å². The number of carbonyl (C=O) groups is 2. The van der Waals surface area contributed by atoms with Crippen LogP contribution in [0.1, 0.15) is 66.9 Å². The van der Waals surface area contributed by atoms with Crippen LogP contribution in [0.4, 0.5) is 0 Å². The fraction of sp³-hybridized carbons (Fsp3) is 0.652. The van der Waals surface area contributed by atoms with Crippen molar-refractivity contribution in [3.05, 3.63) is 34.9 Å². The van der Waals surface area contributed by atoms with Crippen molar-refractivity contribution in [1.82, 2.24) is 5.32 Å². The Hall–Kier alpha value is -1.84. The number of benzene rings is 1. The van der Waals surface area contributed by atoms with E-state index in [1.165, 1.54) is 38.5 Å². The first-order valence-electron chi connectivity index (χ1n) is 10.4. The van der Waals surface area contributed by atoms with Crippen molar-refractivity contribution in [3.63, 3.8) is 0 Å². The Balaban J connectivity index is 1.31. The first-order chi connectivity index (χ1) is 12.8. The van der Waals surface area contributed by atoms with Gasteiger partial charge in [0.25, 0.3) is 5.91 Å². The molecule has 4 nitrogen and oxygen atoms in total. The molecule has 0 aromatic heterocycles. The summed E-state index contributed by atoms with van der Waals surface area (Å²) in [4.78, 5) is 24.6. The third-order valence-electron chi connectivity index (χ3n) is 7.46. The quantitative estimate of drug-likeness (QED) is 0.792. The second kappa shape index (κ2) is 6.96. The van der Waals surface area contributed by atoms with E-state index in [0.717, 1.165) is 28.9 Å². The van der Waals surface area contributed by atoms with E-state index >= 15 is 0 Å². The highest BCUT2D eigenvalue weighted by atomic mass is 16.5. The molecular weight excluding hydrogens is 338 g/mol. The molecule has 1 aromatic rings. The third kappa shape index (κ3) is 3.63. The van der Waals surface area contributed by atoms with Crippen molar-refractivity contribution in [2.45, 2.75) is 65.3 Å². The average Bonchev–Trinajstić information content (AvgIpc) is 2.61. The molecule has 4 fully saturated rings. The molecule has 4 aliphatic carbocycles. The van der Waals surface area contributed by atoms with E-state index < -0.39 is 5.97 Å². The standard InChI is InChI=1S/C23H31NO3/c1-14-4-5-20(6-15(14)2)22(26)27-13-21(25)24-16(3)23-10-17-7-18(11-23)9-19(8-17)12-23/h4-6,16-19H,7-13H2,1-3H3,(H,24,25)/t16-,17?,18?,19?,23?/m0/s1. The zero-order valence-corrected chi connectivity index (χ0v) is 16.7. The average molecular weight is 370 g/mol. The van der Waals surface area contributed by atoms with Gasteiger partial charge in [-0.05, 0) is 106 Å². The van der Waals surface area contributed by atoms with Crippen molar-refractivity contribution in [2.75, 3.05) is 6.61 Å². The van der Waals surface area contributed by atoms with Gasteiger partial charge in [0.15, 0.2) is 6.61 Å². The molecular formula is C23H31NO3.